The van der Waals surface area contributed by atoms with E-state index in [4.69, 9.17) is 56.8 Å². The lowest BCUT2D eigenvalue weighted by Crippen LogP contribution is -3.00. The first kappa shape index (κ1) is 100. The fraction of sp³-hybridized carbons (Fsp3) is 0.404. The van der Waals surface area contributed by atoms with E-state index in [-0.39, 0.29) is 71.3 Å². The van der Waals surface area contributed by atoms with Crippen LogP contribution in [-0.4, -0.2) is 129 Å². The van der Waals surface area contributed by atoms with Crippen molar-refractivity contribution in [3.8, 4) is 68.2 Å². The van der Waals surface area contributed by atoms with Crippen LogP contribution in [0, 0.1) is 0 Å². The third kappa shape index (κ3) is 29.2. The summed E-state index contributed by atoms with van der Waals surface area (Å²) in [6, 6.07) is 59.4. The highest BCUT2D eigenvalue weighted by Gasteiger charge is 2.30. The van der Waals surface area contributed by atoms with Gasteiger partial charge in [-0.25, -0.2) is 18.3 Å². The second-order valence-corrected chi connectivity index (χ2v) is 35.9. The fourth-order valence-electron chi connectivity index (χ4n) is 15.0. The van der Waals surface area contributed by atoms with Crippen molar-refractivity contribution in [2.75, 3.05) is 119 Å². The number of nitrogens with zero attached hydrogens (tertiary/aromatic N) is 4. The van der Waals surface area contributed by atoms with E-state index in [0.29, 0.717) is 169 Å². The van der Waals surface area contributed by atoms with Crippen LogP contribution in [0.3, 0.4) is 0 Å². The molecule has 29 rings (SSSR count). The van der Waals surface area contributed by atoms with Gasteiger partial charge in [0.15, 0.2) is 75.8 Å². The van der Waals surface area contributed by atoms with Crippen LogP contribution < -0.4 is 96.3 Å². The van der Waals surface area contributed by atoms with E-state index in [1.165, 1.54) is 22.3 Å². The molecular weight excluding hydrogens is 1670 g/mol. The molecule has 18 nitrogen and oxygen atoms in total. The maximum Gasteiger partial charge on any atom is 0.182 e. The topological polar surface area (TPSA) is 167 Å². The predicted molar refractivity (Wildman–Crippen MR) is 475 cm³/mol. The van der Waals surface area contributed by atoms with Gasteiger partial charge in [0, 0.05) is 85.3 Å². The van der Waals surface area contributed by atoms with Gasteiger partial charge in [-0.05, 0) is 159 Å². The Morgan fingerprint density at radius 1 is 0.230 bits per heavy atom. The zero-order chi connectivity index (χ0) is 85.6. The lowest BCUT2D eigenvalue weighted by Gasteiger charge is -2.28. The van der Waals surface area contributed by atoms with Crippen molar-refractivity contribution in [3.63, 3.8) is 0 Å². The fourth-order valence-corrected chi connectivity index (χ4v) is 15.0. The molecule has 0 fully saturated rings. The molecule has 0 atom stereocenters. The zero-order valence-electron chi connectivity index (χ0n) is 75.3. The van der Waals surface area contributed by atoms with Crippen LogP contribution in [-0.2, 0) is 102 Å². The summed E-state index contributed by atoms with van der Waals surface area (Å²) in [4.78, 5) is 0. The van der Waals surface area contributed by atoms with Gasteiger partial charge in [-0.1, -0.05) is 156 Å². The van der Waals surface area contributed by atoms with Gasteiger partial charge in [0.05, 0.1) is 79.3 Å². The highest BCUT2D eigenvalue weighted by molar-refractivity contribution is 5.63. The number of aromatic nitrogens is 4. The molecular formula is C104H126Cl4N4O14. The van der Waals surface area contributed by atoms with Crippen molar-refractivity contribution in [2.45, 2.75) is 157 Å². The first-order valence-corrected chi connectivity index (χ1v) is 43.3. The summed E-state index contributed by atoms with van der Waals surface area (Å²) in [5.74, 6) is 5.22. The summed E-state index contributed by atoms with van der Waals surface area (Å²) in [6.45, 7) is 38.5. The third-order valence-corrected chi connectivity index (χ3v) is 22.3. The van der Waals surface area contributed by atoms with Crippen molar-refractivity contribution >= 4 is 0 Å². The number of phenolic OH excluding ortho intramolecular Hbond substituents is 2. The van der Waals surface area contributed by atoms with Crippen LogP contribution in [0.2, 0.25) is 0 Å². The van der Waals surface area contributed by atoms with Crippen LogP contribution in [0.15, 0.2) is 219 Å². The average Bonchev–Trinajstić information content (AvgIpc) is 0.764. The van der Waals surface area contributed by atoms with Gasteiger partial charge in [0.2, 0.25) is 0 Å². The molecule has 1 aliphatic carbocycles. The Labute approximate surface area is 771 Å². The number of pyridine rings is 4. The minimum atomic E-state index is -0.219. The normalized spacial score (nSPS) is 15.3. The van der Waals surface area contributed by atoms with Gasteiger partial charge in [-0.2, -0.15) is 0 Å². The lowest BCUT2D eigenvalue weighted by atomic mass is 9.79. The lowest BCUT2D eigenvalue weighted by molar-refractivity contribution is -0.697. The SMILES string of the molecule is CC(C)(C)c1cc2c(O)c(c1)Cc1cc(C(C)(C)C)cc3c1OCC[n+]1ccc(cc1)-c1cc[n+](cc1)Cc1ccc(cc1)C[n+]1ccc(cc1)-c1cc[n+](cc1)CCOc1c(cc(C(C)(C)C)cc1Cc1cc(C(C)(C)C)cc(c1O)C3)C2.[Cl-].[Cl-].[Cl-].[Cl-].c1cc2ccc1OCCOCCOCCOCCOc1ccc(cc1)OCCOCCOCCOCCO2. The molecule has 2 N–H and O–H groups in total. The highest BCUT2D eigenvalue weighted by Crippen LogP contribution is 2.44. The van der Waals surface area contributed by atoms with Gasteiger partial charge in [-0.3, -0.25) is 0 Å². The molecule has 11 aromatic rings. The van der Waals surface area contributed by atoms with Crippen LogP contribution in [0.5, 0.6) is 46.0 Å². The Balaban J connectivity index is 0.000000361. The van der Waals surface area contributed by atoms with E-state index in [1.54, 1.807) is 0 Å². The first-order chi connectivity index (χ1) is 58.8. The van der Waals surface area contributed by atoms with E-state index >= 15 is 0 Å². The Morgan fingerprint density at radius 3 is 0.643 bits per heavy atom. The van der Waals surface area contributed by atoms with E-state index in [0.717, 1.165) is 125 Å². The number of halogens is 4. The standard InChI is InChI=1S/C76H84N4O4.C28H40O10.4ClH/c1-73(2,3)65-41-57-37-61-45-67(75(7,8)9)47-63-39-59-43-66(74(4,5)6)44-60(70(59)82)40-64-48-68(76(10,11)12)46-62(38-58(42-65)69(57)81)72(64)84-36-34-78-27-19-54(20-28-78)56-23-31-80(32-24-56)50-52-15-13-51(14-16-52)49-79-29-21-55(22-30-79)53-17-25-77(26-18-53)33-35-83-71(61)63;1-2-26-4-3-25(1)35-21-17-31-13-9-29-11-15-33-19-23-37-27-5-7-28(8-6-27)38-24-20-34-16-12-30-10-14-32-18-22-36-26;;;;/h13-32,41-48H,33-40,49-50H2,1-12H3;1-8H,9-24H2;4*1H/q+2;;;;;/p-2. The van der Waals surface area contributed by atoms with E-state index in [2.05, 4.69) is 272 Å². The number of rotatable bonds is 0. The highest BCUT2D eigenvalue weighted by atomic mass is 35.5. The monoisotopic (exact) mass is 1790 g/mol. The summed E-state index contributed by atoms with van der Waals surface area (Å²) < 4.78 is 79.1. The second-order valence-electron chi connectivity index (χ2n) is 35.9. The number of hydrogen-bond donors (Lipinski definition) is 2. The molecule has 0 amide bonds. The molecule has 17 aliphatic heterocycles. The molecule has 4 aromatic heterocycles. The molecule has 22 heteroatoms. The number of hydrogen-bond acceptors (Lipinski definition) is 14. The van der Waals surface area contributed by atoms with Crippen molar-refractivity contribution in [3.05, 3.63) is 297 Å². The van der Waals surface area contributed by atoms with Crippen molar-refractivity contribution in [1.82, 2.24) is 0 Å². The summed E-state index contributed by atoms with van der Waals surface area (Å²) in [5.41, 5.74) is 18.3. The molecule has 0 saturated carbocycles. The first-order valence-electron chi connectivity index (χ1n) is 43.3. The molecule has 0 spiro atoms. The minimum Gasteiger partial charge on any atom is -1.00 e. The van der Waals surface area contributed by atoms with E-state index in [9.17, 15) is 10.2 Å². The maximum atomic E-state index is 12.9. The summed E-state index contributed by atoms with van der Waals surface area (Å²) in [6.07, 6.45) is 19.0. The summed E-state index contributed by atoms with van der Waals surface area (Å²) >= 11 is 0. The Morgan fingerprint density at radius 2 is 0.429 bits per heavy atom. The molecule has 18 aliphatic rings. The molecule has 0 unspecified atom stereocenters. The minimum absolute atomic E-state index is 0. The molecule has 0 saturated heterocycles. The van der Waals surface area contributed by atoms with Crippen LogP contribution in [0.25, 0.3) is 22.3 Å². The summed E-state index contributed by atoms with van der Waals surface area (Å²) in [7, 11) is 0. The van der Waals surface area contributed by atoms with Crippen molar-refractivity contribution in [1.29, 1.82) is 0 Å². The van der Waals surface area contributed by atoms with Gasteiger partial charge < -0.3 is 117 Å². The van der Waals surface area contributed by atoms with Crippen molar-refractivity contribution < 1.29 is 135 Å². The average molecular weight is 1800 g/mol. The molecule has 21 heterocycles. The van der Waals surface area contributed by atoms with Gasteiger partial charge in [0.1, 0.15) is 85.6 Å². The Hall–Kier alpha value is -9.54. The summed E-state index contributed by atoms with van der Waals surface area (Å²) in [5, 5.41) is 25.9. The van der Waals surface area contributed by atoms with E-state index < -0.39 is 0 Å². The quantitative estimate of drug-likeness (QED) is 0.194. The number of ether oxygens (including phenoxy) is 12. The van der Waals surface area contributed by atoms with Crippen LogP contribution in [0.4, 0.5) is 0 Å². The molecule has 24 bridgehead atoms. The smallest absolute Gasteiger partial charge is 0.182 e. The molecule has 674 valence electrons. The number of aromatic hydroxyl groups is 2. The zero-order valence-corrected chi connectivity index (χ0v) is 78.3. The molecule has 7 aromatic carbocycles. The van der Waals surface area contributed by atoms with E-state index in [1.807, 2.05) is 48.5 Å². The van der Waals surface area contributed by atoms with Gasteiger partial charge in [0.25, 0.3) is 0 Å². The largest absolute Gasteiger partial charge is 1.00 e. The van der Waals surface area contributed by atoms with Crippen LogP contribution in [0.1, 0.15) is 161 Å². The Kier molecular flexibility index (Phi) is 37.8. The Bertz CT molecular complexity index is 4700. The number of benzene rings is 7. The number of fused-ring (bicyclic) bond motifs is 1. The van der Waals surface area contributed by atoms with Crippen molar-refractivity contribution in [2.24, 2.45) is 0 Å². The predicted octanol–water partition coefficient (Wildman–Crippen LogP) is 5.05. The van der Waals surface area contributed by atoms with Crippen LogP contribution >= 0.6 is 0 Å². The second kappa shape index (κ2) is 47.5. The van der Waals surface area contributed by atoms with Gasteiger partial charge >= 0.3 is 0 Å². The maximum absolute atomic E-state index is 12.9. The number of phenols is 2. The third-order valence-electron chi connectivity index (χ3n) is 22.3. The van der Waals surface area contributed by atoms with Gasteiger partial charge in [-0.15, -0.1) is 0 Å². The molecule has 126 heavy (non-hydrogen) atoms. The molecule has 0 radical (unpaired) electrons.